The van der Waals surface area contributed by atoms with E-state index in [2.05, 4.69) is 15.0 Å². The van der Waals surface area contributed by atoms with Gasteiger partial charge in [0.05, 0.1) is 23.0 Å². The summed E-state index contributed by atoms with van der Waals surface area (Å²) >= 11 is 6.01. The Morgan fingerprint density at radius 3 is 2.62 bits per heavy atom. The van der Waals surface area contributed by atoms with Crippen LogP contribution in [0.4, 0.5) is 0 Å². The number of rotatable bonds is 2. The number of hydrogen-bond acceptors (Lipinski definition) is 3. The number of halogens is 1. The molecule has 1 aliphatic heterocycles. The molecule has 5 nitrogen and oxygen atoms in total. The first-order valence-electron chi connectivity index (χ1n) is 8.57. The number of nitrogens with zero attached hydrogens (tertiary/aromatic N) is 2. The molecule has 4 rings (SSSR count). The molecule has 0 atom stereocenters. The molecular weight excluding hydrogens is 350 g/mol. The predicted octanol–water partition coefficient (Wildman–Crippen LogP) is 4.54. The number of carbonyl (C=O) groups is 1. The minimum atomic E-state index is -0.0907. The van der Waals surface area contributed by atoms with E-state index in [1.165, 1.54) is 6.21 Å². The second-order valence-corrected chi connectivity index (χ2v) is 6.06. The number of hydrogen-bond donors (Lipinski definition) is 2. The molecule has 26 heavy (non-hydrogen) atoms. The third kappa shape index (κ3) is 2.95. The summed E-state index contributed by atoms with van der Waals surface area (Å²) in [4.78, 5) is 12.3. The van der Waals surface area contributed by atoms with E-state index in [4.69, 9.17) is 16.8 Å². The Bertz CT molecular complexity index is 975. The van der Waals surface area contributed by atoms with E-state index in [9.17, 15) is 4.79 Å². The lowest BCUT2D eigenvalue weighted by atomic mass is 10.0. The molecule has 6 heteroatoms. The fraction of sp³-hybridized carbons (Fsp3) is 0.200. The Morgan fingerprint density at radius 2 is 1.92 bits per heavy atom. The van der Waals surface area contributed by atoms with Crippen molar-refractivity contribution in [2.24, 2.45) is 5.16 Å². The van der Waals surface area contributed by atoms with Gasteiger partial charge in [0, 0.05) is 29.1 Å². The molecule has 0 spiro atoms. The molecule has 2 N–H and O–H groups in total. The van der Waals surface area contributed by atoms with Gasteiger partial charge in [0.1, 0.15) is 0 Å². The van der Waals surface area contributed by atoms with Gasteiger partial charge in [0.15, 0.2) is 0 Å². The summed E-state index contributed by atoms with van der Waals surface area (Å²) in [6, 6.07) is 13.1. The molecule has 0 bridgehead atoms. The van der Waals surface area contributed by atoms with Crippen LogP contribution in [0.2, 0.25) is 5.02 Å². The zero-order valence-electron chi connectivity index (χ0n) is 14.7. The molecule has 134 valence electrons. The van der Waals surface area contributed by atoms with Crippen molar-refractivity contribution in [2.45, 2.75) is 20.4 Å². The van der Waals surface area contributed by atoms with Crippen molar-refractivity contribution >= 4 is 34.6 Å². The van der Waals surface area contributed by atoms with Gasteiger partial charge in [-0.2, -0.15) is 0 Å². The molecule has 0 radical (unpaired) electrons. The molecule has 0 unspecified atom stereocenters. The maximum Gasteiger partial charge on any atom is 0.253 e. The molecule has 0 aliphatic carbocycles. The van der Waals surface area contributed by atoms with E-state index in [-0.39, 0.29) is 5.91 Å². The van der Waals surface area contributed by atoms with Gasteiger partial charge in [0.2, 0.25) is 0 Å². The largest absolute Gasteiger partial charge is 0.411 e. The summed E-state index contributed by atoms with van der Waals surface area (Å²) < 4.78 is 2.10. The number of oxime groups is 1. The van der Waals surface area contributed by atoms with Crippen LogP contribution in [0.1, 0.15) is 29.8 Å². The Kier molecular flexibility index (Phi) is 5.28. The second-order valence-electron chi connectivity index (χ2n) is 5.62. The van der Waals surface area contributed by atoms with Crippen LogP contribution in [0.3, 0.4) is 0 Å². The Balaban J connectivity index is 0.000000948. The van der Waals surface area contributed by atoms with Crippen LogP contribution >= 0.6 is 11.6 Å². The summed E-state index contributed by atoms with van der Waals surface area (Å²) in [6.07, 6.45) is 1.42. The van der Waals surface area contributed by atoms with Gasteiger partial charge in [-0.3, -0.25) is 4.79 Å². The molecule has 1 amide bonds. The Hall–Kier alpha value is -2.79. The summed E-state index contributed by atoms with van der Waals surface area (Å²) in [5.41, 5.74) is 4.12. The van der Waals surface area contributed by atoms with Crippen LogP contribution in [0, 0.1) is 0 Å². The molecular formula is C20H20ClN3O2. The van der Waals surface area contributed by atoms with Crippen LogP contribution in [-0.2, 0) is 6.54 Å². The number of amides is 1. The minimum Gasteiger partial charge on any atom is -0.411 e. The third-order valence-electron chi connectivity index (χ3n) is 4.29. The van der Waals surface area contributed by atoms with Crippen LogP contribution in [0.5, 0.6) is 0 Å². The summed E-state index contributed by atoms with van der Waals surface area (Å²) in [7, 11) is 0. The predicted molar refractivity (Wildman–Crippen MR) is 105 cm³/mol. The molecule has 1 aromatic heterocycles. The van der Waals surface area contributed by atoms with Crippen molar-refractivity contribution in [1.29, 1.82) is 0 Å². The number of aromatic nitrogens is 1. The number of para-hydroxylation sites is 1. The first-order valence-corrected chi connectivity index (χ1v) is 8.95. The maximum atomic E-state index is 12.3. The van der Waals surface area contributed by atoms with Crippen LogP contribution < -0.4 is 5.32 Å². The maximum absolute atomic E-state index is 12.3. The van der Waals surface area contributed by atoms with Crippen molar-refractivity contribution < 1.29 is 10.0 Å². The van der Waals surface area contributed by atoms with Crippen molar-refractivity contribution in [3.05, 3.63) is 58.6 Å². The average molecular weight is 370 g/mol. The summed E-state index contributed by atoms with van der Waals surface area (Å²) in [5.74, 6) is -0.0907. The highest BCUT2D eigenvalue weighted by atomic mass is 35.5. The average Bonchev–Trinajstić information content (AvgIpc) is 2.87. The third-order valence-corrected chi connectivity index (χ3v) is 4.54. The van der Waals surface area contributed by atoms with Gasteiger partial charge in [0.25, 0.3) is 5.91 Å². The number of benzene rings is 2. The van der Waals surface area contributed by atoms with E-state index in [0.717, 1.165) is 27.7 Å². The van der Waals surface area contributed by atoms with Gasteiger partial charge < -0.3 is 15.1 Å². The topological polar surface area (TPSA) is 66.6 Å². The van der Waals surface area contributed by atoms with Gasteiger partial charge in [-0.25, -0.2) is 0 Å². The molecule has 0 fully saturated rings. The molecule has 0 saturated heterocycles. The highest BCUT2D eigenvalue weighted by Crippen LogP contribution is 2.35. The molecule has 0 saturated carbocycles. The SMILES string of the molecule is CC.O=C1NCCn2c(-c3ccc(Cl)cc3)c(/C=N/O)c3cccc1c32. The fourth-order valence-electron chi connectivity index (χ4n) is 3.33. The highest BCUT2D eigenvalue weighted by Gasteiger charge is 2.24. The van der Waals surface area contributed by atoms with Gasteiger partial charge in [-0.05, 0) is 23.8 Å². The van der Waals surface area contributed by atoms with Gasteiger partial charge >= 0.3 is 0 Å². The molecule has 2 aromatic carbocycles. The van der Waals surface area contributed by atoms with Crippen LogP contribution in [0.25, 0.3) is 22.2 Å². The summed E-state index contributed by atoms with van der Waals surface area (Å²) in [6.45, 7) is 5.17. The lowest BCUT2D eigenvalue weighted by Gasteiger charge is -2.10. The fourth-order valence-corrected chi connectivity index (χ4v) is 3.45. The Labute approximate surface area is 156 Å². The minimum absolute atomic E-state index is 0.0907. The van der Waals surface area contributed by atoms with E-state index in [1.54, 1.807) is 0 Å². The van der Waals surface area contributed by atoms with E-state index >= 15 is 0 Å². The van der Waals surface area contributed by atoms with Gasteiger partial charge in [-0.1, -0.05) is 54.9 Å². The number of carbonyl (C=O) groups excluding carboxylic acids is 1. The van der Waals surface area contributed by atoms with Crippen LogP contribution in [-0.4, -0.2) is 28.4 Å². The monoisotopic (exact) mass is 369 g/mol. The van der Waals surface area contributed by atoms with E-state index < -0.39 is 0 Å². The van der Waals surface area contributed by atoms with Crippen molar-refractivity contribution in [3.8, 4) is 11.3 Å². The van der Waals surface area contributed by atoms with Crippen molar-refractivity contribution in [2.75, 3.05) is 6.54 Å². The standard InChI is InChI=1S/C18H14ClN3O2.C2H6/c19-12-6-4-11(5-7-12)16-15(10-21-24)13-2-1-3-14-17(13)22(16)9-8-20-18(14)23;1-2/h1-7,10,24H,8-9H2,(H,20,23);1-2H3/b21-10+;. The smallest absolute Gasteiger partial charge is 0.253 e. The highest BCUT2D eigenvalue weighted by molar-refractivity contribution is 6.30. The van der Waals surface area contributed by atoms with Crippen LogP contribution in [0.15, 0.2) is 47.6 Å². The zero-order chi connectivity index (χ0) is 18.7. The van der Waals surface area contributed by atoms with Crippen molar-refractivity contribution in [1.82, 2.24) is 9.88 Å². The summed E-state index contributed by atoms with van der Waals surface area (Å²) in [5, 5.41) is 16.8. The van der Waals surface area contributed by atoms with Gasteiger partial charge in [-0.15, -0.1) is 0 Å². The quantitative estimate of drug-likeness (QED) is 0.395. The molecule has 3 aromatic rings. The Morgan fingerprint density at radius 1 is 1.19 bits per heavy atom. The number of nitrogens with one attached hydrogen (secondary N) is 1. The lowest BCUT2D eigenvalue weighted by Crippen LogP contribution is -2.24. The van der Waals surface area contributed by atoms with E-state index in [0.29, 0.717) is 23.7 Å². The first-order chi connectivity index (χ1) is 12.7. The lowest BCUT2D eigenvalue weighted by molar-refractivity contribution is 0.0956. The van der Waals surface area contributed by atoms with E-state index in [1.807, 2.05) is 56.3 Å². The second kappa shape index (κ2) is 7.62. The molecule has 2 heterocycles. The van der Waals surface area contributed by atoms with Crippen molar-refractivity contribution in [3.63, 3.8) is 0 Å². The molecule has 1 aliphatic rings. The zero-order valence-corrected chi connectivity index (χ0v) is 15.4. The first kappa shape index (κ1) is 18.0. The normalized spacial score (nSPS) is 13.3.